The first-order chi connectivity index (χ1) is 9.56. The van der Waals surface area contributed by atoms with Gasteiger partial charge in [-0.3, -0.25) is 19.2 Å². The van der Waals surface area contributed by atoms with Gasteiger partial charge in [-0.2, -0.15) is 0 Å². The van der Waals surface area contributed by atoms with Gasteiger partial charge in [-0.05, 0) is 0 Å². The Bertz CT molecular complexity index is 382. The Morgan fingerprint density at radius 1 is 0.571 bits per heavy atom. The average Bonchev–Trinajstić information content (AvgIpc) is 2.37. The number of nitrogens with zero attached hydrogens (tertiary/aromatic N) is 4. The molecule has 0 aliphatic heterocycles. The maximum atomic E-state index is 11.8. The van der Waals surface area contributed by atoms with Crippen molar-refractivity contribution in [3.8, 4) is 0 Å². The van der Waals surface area contributed by atoms with E-state index in [4.69, 9.17) is 0 Å². The van der Waals surface area contributed by atoms with E-state index in [-0.39, 0.29) is 43.1 Å². The van der Waals surface area contributed by atoms with Gasteiger partial charge in [-0.15, -0.1) is 0 Å². The molecule has 0 aliphatic carbocycles. The van der Waals surface area contributed by atoms with Gasteiger partial charge in [0.25, 0.3) is 0 Å². The Morgan fingerprint density at radius 3 is 1.10 bits per heavy atom. The van der Waals surface area contributed by atoms with Gasteiger partial charge >= 0.3 is 0 Å². The molecule has 0 fully saturated rings. The fourth-order valence-electron chi connectivity index (χ4n) is 1.32. The van der Waals surface area contributed by atoms with E-state index in [1.165, 1.54) is 33.7 Å². The second-order valence-electron chi connectivity index (χ2n) is 5.25. The summed E-state index contributed by atoms with van der Waals surface area (Å²) in [7, 11) is 9.28. The molecule has 0 unspecified atom stereocenters. The molecule has 0 N–H and O–H groups in total. The highest BCUT2D eigenvalue weighted by Gasteiger charge is 2.20. The third kappa shape index (κ3) is 6.73. The first-order valence-electron chi connectivity index (χ1n) is 6.44. The van der Waals surface area contributed by atoms with Gasteiger partial charge in [0.1, 0.15) is 12.8 Å². The second kappa shape index (κ2) is 8.23. The number of hydrogen-bond donors (Lipinski definition) is 0. The molecule has 0 rings (SSSR count). The van der Waals surface area contributed by atoms with Gasteiger partial charge in [0.15, 0.2) is 0 Å². The van der Waals surface area contributed by atoms with Crippen LogP contribution >= 0.6 is 0 Å². The summed E-state index contributed by atoms with van der Waals surface area (Å²) in [6, 6.07) is 0. The summed E-state index contributed by atoms with van der Waals surface area (Å²) < 4.78 is 0. The zero-order valence-electron chi connectivity index (χ0n) is 13.5. The van der Waals surface area contributed by atoms with Crippen LogP contribution in [0.5, 0.6) is 0 Å². The van der Waals surface area contributed by atoms with Crippen molar-refractivity contribution in [2.75, 3.05) is 49.0 Å². The lowest BCUT2D eigenvalue weighted by Gasteiger charge is -2.25. The summed E-state index contributed by atoms with van der Waals surface area (Å²) in [5.41, 5.74) is 0. The van der Waals surface area contributed by atoms with Crippen LogP contribution in [0.15, 0.2) is 0 Å². The molecule has 0 aromatic carbocycles. The van der Waals surface area contributed by atoms with Crippen LogP contribution in [0.2, 0.25) is 0 Å². The Labute approximate surface area is 125 Å². The van der Waals surface area contributed by atoms with Gasteiger partial charge in [-0.1, -0.05) is 0 Å². The summed E-state index contributed by atoms with van der Waals surface area (Å²) in [5, 5.41) is 0. The molecule has 4 amide bonds. The van der Waals surface area contributed by atoms with Crippen molar-refractivity contribution in [2.45, 2.75) is 12.8 Å². The van der Waals surface area contributed by atoms with E-state index in [0.29, 0.717) is 0 Å². The highest BCUT2D eigenvalue weighted by atomic mass is 16.2. The van der Waals surface area contributed by atoms with Crippen molar-refractivity contribution in [2.24, 2.45) is 0 Å². The van der Waals surface area contributed by atoms with Crippen LogP contribution in [0.1, 0.15) is 12.8 Å². The Balaban J connectivity index is 4.40. The lowest BCUT2D eigenvalue weighted by Crippen LogP contribution is -2.42. The summed E-state index contributed by atoms with van der Waals surface area (Å²) in [4.78, 5) is 51.7. The quantitative estimate of drug-likeness (QED) is 0.457. The minimum absolute atomic E-state index is 0.0269. The smallest absolute Gasteiger partial charge is 0.233 e. The molecular weight excluding hydrogens is 276 g/mol. The third-order valence-electron chi connectivity index (χ3n) is 2.88. The minimum atomic E-state index is -0.382. The molecule has 120 valence electrons. The van der Waals surface area contributed by atoms with E-state index >= 15 is 0 Å². The predicted octanol–water partition coefficient (Wildman–Crippen LogP) is -1.18. The van der Waals surface area contributed by atoms with E-state index in [2.05, 4.69) is 0 Å². The number of carbonyl (C=O) groups excluding carboxylic acids is 4. The number of rotatable bonds is 6. The molecule has 0 aromatic rings. The van der Waals surface area contributed by atoms with Gasteiger partial charge < -0.3 is 19.6 Å². The molecular formula is C13H24N4O4. The van der Waals surface area contributed by atoms with Crippen LogP contribution in [0.3, 0.4) is 0 Å². The molecule has 0 spiro atoms. The van der Waals surface area contributed by atoms with Crippen molar-refractivity contribution in [1.29, 1.82) is 0 Å². The van der Waals surface area contributed by atoms with Crippen molar-refractivity contribution in [1.82, 2.24) is 19.6 Å². The van der Waals surface area contributed by atoms with E-state index in [1.54, 1.807) is 28.2 Å². The summed E-state index contributed by atoms with van der Waals surface area (Å²) in [5.74, 6) is -1.37. The molecule has 0 heterocycles. The van der Waals surface area contributed by atoms with Crippen LogP contribution in [0.25, 0.3) is 0 Å². The number of amides is 4. The normalized spacial score (nSPS) is 9.81. The first-order valence-corrected chi connectivity index (χ1v) is 6.44. The SMILES string of the molecule is CN(C)C(=O)CC(=O)N(C)CN(C)C(=O)CC(=O)N(C)C. The van der Waals surface area contributed by atoms with Crippen LogP contribution in [0.4, 0.5) is 0 Å². The highest BCUT2D eigenvalue weighted by Crippen LogP contribution is 1.99. The molecule has 8 heteroatoms. The van der Waals surface area contributed by atoms with E-state index in [0.717, 1.165) is 0 Å². The van der Waals surface area contributed by atoms with Gasteiger partial charge in [0.05, 0.1) is 6.67 Å². The molecule has 0 aliphatic rings. The minimum Gasteiger partial charge on any atom is -0.348 e. The van der Waals surface area contributed by atoms with Crippen molar-refractivity contribution in [3.05, 3.63) is 0 Å². The Morgan fingerprint density at radius 2 is 0.857 bits per heavy atom. The Kier molecular flexibility index (Phi) is 7.40. The molecule has 0 aromatic heterocycles. The molecule has 0 saturated carbocycles. The van der Waals surface area contributed by atoms with Gasteiger partial charge in [-0.25, -0.2) is 0 Å². The summed E-state index contributed by atoms with van der Waals surface area (Å²) in [6.07, 6.45) is -0.496. The van der Waals surface area contributed by atoms with Crippen LogP contribution < -0.4 is 0 Å². The molecule has 0 bridgehead atoms. The zero-order valence-corrected chi connectivity index (χ0v) is 13.5. The summed E-state index contributed by atoms with van der Waals surface area (Å²) in [6.45, 7) is 0.0269. The second-order valence-corrected chi connectivity index (χ2v) is 5.25. The largest absolute Gasteiger partial charge is 0.348 e. The van der Waals surface area contributed by atoms with Crippen LogP contribution in [-0.2, 0) is 19.2 Å². The van der Waals surface area contributed by atoms with Crippen molar-refractivity contribution >= 4 is 23.6 Å². The zero-order chi connectivity index (χ0) is 16.7. The fourth-order valence-corrected chi connectivity index (χ4v) is 1.32. The standard InChI is InChI=1S/C13H24N4O4/c1-14(2)10(18)7-12(20)16(5)9-17(6)13(21)8-11(19)15(3)4/h7-9H2,1-6H3. The Hall–Kier alpha value is -2.12. The monoisotopic (exact) mass is 300 g/mol. The van der Waals surface area contributed by atoms with Crippen LogP contribution in [-0.4, -0.2) is 92.2 Å². The lowest BCUT2D eigenvalue weighted by molar-refractivity contribution is -0.142. The molecule has 0 saturated heterocycles. The van der Waals surface area contributed by atoms with E-state index < -0.39 is 0 Å². The maximum absolute atomic E-state index is 11.8. The van der Waals surface area contributed by atoms with Crippen molar-refractivity contribution < 1.29 is 19.2 Å². The molecule has 0 atom stereocenters. The maximum Gasteiger partial charge on any atom is 0.233 e. The molecule has 21 heavy (non-hydrogen) atoms. The number of carbonyl (C=O) groups is 4. The van der Waals surface area contributed by atoms with Gasteiger partial charge in [0, 0.05) is 42.3 Å². The predicted molar refractivity (Wildman–Crippen MR) is 77.0 cm³/mol. The van der Waals surface area contributed by atoms with Crippen LogP contribution in [0, 0.1) is 0 Å². The average molecular weight is 300 g/mol. The lowest BCUT2D eigenvalue weighted by atomic mass is 10.3. The third-order valence-corrected chi connectivity index (χ3v) is 2.88. The highest BCUT2D eigenvalue weighted by molar-refractivity contribution is 5.98. The van der Waals surface area contributed by atoms with Crippen molar-refractivity contribution in [3.63, 3.8) is 0 Å². The first kappa shape index (κ1) is 18.9. The summed E-state index contributed by atoms with van der Waals surface area (Å²) >= 11 is 0. The van der Waals surface area contributed by atoms with E-state index in [9.17, 15) is 19.2 Å². The van der Waals surface area contributed by atoms with Gasteiger partial charge in [0.2, 0.25) is 23.6 Å². The van der Waals surface area contributed by atoms with E-state index in [1.807, 2.05) is 0 Å². The molecule has 8 nitrogen and oxygen atoms in total. The molecule has 0 radical (unpaired) electrons. The topological polar surface area (TPSA) is 81.2 Å². The number of hydrogen-bond acceptors (Lipinski definition) is 4. The fraction of sp³-hybridized carbons (Fsp3) is 0.692.